The van der Waals surface area contributed by atoms with E-state index in [9.17, 15) is 19.2 Å². The summed E-state index contributed by atoms with van der Waals surface area (Å²) >= 11 is 0. The van der Waals surface area contributed by atoms with Crippen molar-refractivity contribution in [1.82, 2.24) is 0 Å². The molecule has 8 heteroatoms. The van der Waals surface area contributed by atoms with Crippen molar-refractivity contribution in [3.05, 3.63) is 130 Å². The molecule has 4 aromatic rings. The molecule has 0 spiro atoms. The molecule has 0 aliphatic heterocycles. The van der Waals surface area contributed by atoms with E-state index in [0.717, 1.165) is 68.8 Å². The molecule has 0 saturated heterocycles. The molecule has 0 fully saturated rings. The number of carboxylic acid groups (broad SMARTS) is 4. The maximum Gasteiger partial charge on any atom is 0.328 e. The molecule has 0 heterocycles. The van der Waals surface area contributed by atoms with E-state index >= 15 is 0 Å². The summed E-state index contributed by atoms with van der Waals surface area (Å²) in [6.45, 7) is 3.93. The van der Waals surface area contributed by atoms with Crippen LogP contribution in [0.5, 0.6) is 0 Å². The van der Waals surface area contributed by atoms with Gasteiger partial charge in [0.05, 0.1) is 0 Å². The number of hydrogen-bond donors (Lipinski definition) is 4. The summed E-state index contributed by atoms with van der Waals surface area (Å²) in [7, 11) is 0. The average molecular weight is 615 g/mol. The van der Waals surface area contributed by atoms with Gasteiger partial charge in [0, 0.05) is 24.3 Å². The lowest BCUT2D eigenvalue weighted by molar-refractivity contribution is -0.132. The second-order valence-corrected chi connectivity index (χ2v) is 10.5. The van der Waals surface area contributed by atoms with Gasteiger partial charge in [0.25, 0.3) is 0 Å². The number of aryl methyl sites for hydroxylation is 2. The first kappa shape index (κ1) is 32.6. The molecule has 0 radical (unpaired) electrons. The lowest BCUT2D eigenvalue weighted by atomic mass is 9.91. The summed E-state index contributed by atoms with van der Waals surface area (Å²) < 4.78 is 0. The second kappa shape index (κ2) is 14.5. The molecule has 0 bridgehead atoms. The molecule has 230 valence electrons. The lowest BCUT2D eigenvalue weighted by Gasteiger charge is -2.14. The fraction of sp³-hybridized carbons (Fsp3) is 0.0526. The van der Waals surface area contributed by atoms with Crippen LogP contribution in [0.15, 0.2) is 97.1 Å². The van der Waals surface area contributed by atoms with Crippen LogP contribution in [-0.4, -0.2) is 44.3 Å². The highest BCUT2D eigenvalue weighted by Crippen LogP contribution is 2.34. The quantitative estimate of drug-likeness (QED) is 0.126. The number of hydrogen-bond acceptors (Lipinski definition) is 4. The van der Waals surface area contributed by atoms with Crippen molar-refractivity contribution in [2.24, 2.45) is 0 Å². The first-order chi connectivity index (χ1) is 21.9. The summed E-state index contributed by atoms with van der Waals surface area (Å²) in [4.78, 5) is 44.3. The van der Waals surface area contributed by atoms with Crippen LogP contribution in [0, 0.1) is 13.8 Å². The lowest BCUT2D eigenvalue weighted by Crippen LogP contribution is -1.92. The molecule has 0 unspecified atom stereocenters. The van der Waals surface area contributed by atoms with Crippen LogP contribution in [0.3, 0.4) is 0 Å². The highest BCUT2D eigenvalue weighted by molar-refractivity contribution is 5.90. The zero-order valence-corrected chi connectivity index (χ0v) is 25.0. The van der Waals surface area contributed by atoms with Gasteiger partial charge in [0.15, 0.2) is 0 Å². The minimum absolute atomic E-state index is 0.615. The molecule has 4 rings (SSSR count). The van der Waals surface area contributed by atoms with E-state index < -0.39 is 23.9 Å². The number of rotatable bonds is 11. The molecule has 4 N–H and O–H groups in total. The van der Waals surface area contributed by atoms with E-state index in [1.165, 1.54) is 24.3 Å². The van der Waals surface area contributed by atoms with Crippen LogP contribution in [0.25, 0.3) is 57.7 Å². The topological polar surface area (TPSA) is 149 Å². The Morgan fingerprint density at radius 1 is 0.413 bits per heavy atom. The zero-order valence-electron chi connectivity index (χ0n) is 25.0. The highest BCUT2D eigenvalue weighted by atomic mass is 16.4. The molecule has 0 atom stereocenters. The van der Waals surface area contributed by atoms with Crippen LogP contribution in [0.1, 0.15) is 33.4 Å². The normalized spacial score (nSPS) is 11.6. The highest BCUT2D eigenvalue weighted by Gasteiger charge is 2.10. The van der Waals surface area contributed by atoms with Crippen molar-refractivity contribution in [3.8, 4) is 33.4 Å². The van der Waals surface area contributed by atoms with Crippen molar-refractivity contribution in [1.29, 1.82) is 0 Å². The van der Waals surface area contributed by atoms with Gasteiger partial charge < -0.3 is 20.4 Å². The van der Waals surface area contributed by atoms with E-state index in [-0.39, 0.29) is 0 Å². The van der Waals surface area contributed by atoms with Crippen molar-refractivity contribution in [3.63, 3.8) is 0 Å². The Balaban J connectivity index is 1.71. The van der Waals surface area contributed by atoms with Gasteiger partial charge in [-0.25, -0.2) is 19.2 Å². The number of carboxylic acids is 4. The van der Waals surface area contributed by atoms with Gasteiger partial charge in [-0.05, 0) is 141 Å². The Bertz CT molecular complexity index is 1750. The van der Waals surface area contributed by atoms with Gasteiger partial charge in [0.1, 0.15) is 0 Å². The van der Waals surface area contributed by atoms with Gasteiger partial charge in [-0.1, -0.05) is 36.4 Å². The molecule has 8 nitrogen and oxygen atoms in total. The van der Waals surface area contributed by atoms with Gasteiger partial charge in [-0.3, -0.25) is 0 Å². The van der Waals surface area contributed by atoms with Crippen LogP contribution < -0.4 is 0 Å². The fourth-order valence-electron chi connectivity index (χ4n) is 5.05. The van der Waals surface area contributed by atoms with E-state index in [1.54, 1.807) is 12.1 Å². The van der Waals surface area contributed by atoms with Crippen molar-refractivity contribution in [2.75, 3.05) is 0 Å². The third kappa shape index (κ3) is 8.87. The van der Waals surface area contributed by atoms with Gasteiger partial charge in [-0.2, -0.15) is 0 Å². The summed E-state index contributed by atoms with van der Waals surface area (Å²) in [5.74, 6) is -4.36. The molecule has 0 aromatic heterocycles. The number of carbonyl (C=O) groups is 4. The van der Waals surface area contributed by atoms with E-state index in [2.05, 4.69) is 0 Å². The fourth-order valence-corrected chi connectivity index (χ4v) is 5.05. The molecular formula is C38H30O8. The average Bonchev–Trinajstić information content (AvgIpc) is 3.00. The first-order valence-corrected chi connectivity index (χ1v) is 14.0. The molecule has 46 heavy (non-hydrogen) atoms. The van der Waals surface area contributed by atoms with Gasteiger partial charge in [-0.15, -0.1) is 0 Å². The predicted octanol–water partition coefficient (Wildman–Crippen LogP) is 7.70. The third-order valence-corrected chi connectivity index (χ3v) is 7.04. The summed E-state index contributed by atoms with van der Waals surface area (Å²) in [5, 5.41) is 36.3. The van der Waals surface area contributed by atoms with Crippen LogP contribution >= 0.6 is 0 Å². The summed E-state index contributed by atoms with van der Waals surface area (Å²) in [6.07, 6.45) is 9.96. The molecule has 0 saturated carbocycles. The van der Waals surface area contributed by atoms with Crippen molar-refractivity contribution in [2.45, 2.75) is 13.8 Å². The monoisotopic (exact) mass is 614 g/mol. The summed E-state index contributed by atoms with van der Waals surface area (Å²) in [6, 6.07) is 22.8. The van der Waals surface area contributed by atoms with Crippen LogP contribution in [0.4, 0.5) is 0 Å². The third-order valence-electron chi connectivity index (χ3n) is 7.04. The van der Waals surface area contributed by atoms with Crippen LogP contribution in [-0.2, 0) is 19.2 Å². The molecule has 0 amide bonds. The molecule has 4 aromatic carbocycles. The molecule has 0 aliphatic rings. The van der Waals surface area contributed by atoms with Crippen molar-refractivity contribution >= 4 is 48.2 Å². The van der Waals surface area contributed by atoms with E-state index in [0.29, 0.717) is 22.3 Å². The second-order valence-electron chi connectivity index (χ2n) is 10.5. The molecular weight excluding hydrogens is 584 g/mol. The minimum atomic E-state index is -1.09. The zero-order chi connectivity index (χ0) is 33.4. The van der Waals surface area contributed by atoms with Crippen molar-refractivity contribution < 1.29 is 39.6 Å². The van der Waals surface area contributed by atoms with Gasteiger partial charge >= 0.3 is 23.9 Å². The predicted molar refractivity (Wildman–Crippen MR) is 179 cm³/mol. The Morgan fingerprint density at radius 2 is 0.696 bits per heavy atom. The first-order valence-electron chi connectivity index (χ1n) is 14.0. The Morgan fingerprint density at radius 3 is 0.935 bits per heavy atom. The summed E-state index contributed by atoms with van der Waals surface area (Å²) in [5.41, 5.74) is 9.72. The Labute approximate surface area is 265 Å². The molecule has 0 aliphatic carbocycles. The smallest absolute Gasteiger partial charge is 0.328 e. The maximum atomic E-state index is 11.1. The Hall–Kier alpha value is -6.28. The van der Waals surface area contributed by atoms with Crippen LogP contribution in [0.2, 0.25) is 0 Å². The largest absolute Gasteiger partial charge is 0.478 e. The number of benzene rings is 4. The minimum Gasteiger partial charge on any atom is -0.478 e. The van der Waals surface area contributed by atoms with E-state index in [1.807, 2.05) is 74.5 Å². The van der Waals surface area contributed by atoms with E-state index in [4.69, 9.17) is 20.4 Å². The number of aliphatic carboxylic acids is 4. The standard InChI is InChI=1S/C38H30O8/c1-23-15-29(7-9-33(23)31-19-25(3-11-35(39)40)17-26(20-31)4-12-36(41)42)30-8-10-34(24(2)16-30)32-21-27(5-13-37(43)44)18-28(22-32)6-14-38(45)46/h3-22H,1-2H3,(H,39,40)(H,41,42)(H,43,44)(H,45,46)/b11-3+,12-4+,13-5+,14-6+. The maximum absolute atomic E-state index is 11.1. The van der Waals surface area contributed by atoms with Gasteiger partial charge in [0.2, 0.25) is 0 Å². The SMILES string of the molecule is Cc1cc(-c2ccc(-c3cc(/C=C/C(=O)O)cc(/C=C/C(=O)O)c3)c(C)c2)ccc1-c1cc(/C=C/C(=O)O)cc(/C=C/C(=O)O)c1. The Kier molecular flexibility index (Phi) is 10.3.